The molecule has 3 atom stereocenters. The van der Waals surface area contributed by atoms with Crippen LogP contribution < -0.4 is 0 Å². The molecule has 0 heterocycles. The Morgan fingerprint density at radius 2 is 1.62 bits per heavy atom. The zero-order chi connectivity index (χ0) is 13.0. The highest BCUT2D eigenvalue weighted by Gasteiger charge is 2.33. The quantitative estimate of drug-likeness (QED) is 0.707. The fraction of sp³-hybridized carbons (Fsp3) is 1.00. The molecule has 0 aliphatic rings. The van der Waals surface area contributed by atoms with Gasteiger partial charge in [-0.15, -0.1) is 0 Å². The van der Waals surface area contributed by atoms with Crippen LogP contribution in [0, 0.1) is 11.8 Å². The van der Waals surface area contributed by atoms with Crippen LogP contribution in [0.5, 0.6) is 0 Å². The average molecular weight is 232 g/mol. The first kappa shape index (κ1) is 15.9. The van der Waals surface area contributed by atoms with E-state index in [1.54, 1.807) is 14.0 Å². The summed E-state index contributed by atoms with van der Waals surface area (Å²) in [5.41, 5.74) is -1.47. The lowest BCUT2D eigenvalue weighted by Gasteiger charge is -2.35. The van der Waals surface area contributed by atoms with Crippen LogP contribution >= 0.6 is 0 Å². The van der Waals surface area contributed by atoms with Gasteiger partial charge in [-0.1, -0.05) is 20.8 Å². The second-order valence-electron chi connectivity index (χ2n) is 5.75. The Labute approximate surface area is 99.8 Å². The first-order chi connectivity index (χ1) is 7.13. The molecule has 0 aromatic heterocycles. The summed E-state index contributed by atoms with van der Waals surface area (Å²) in [7, 11) is 1.59. The monoisotopic (exact) mass is 232 g/mol. The van der Waals surface area contributed by atoms with Crippen molar-refractivity contribution in [3.63, 3.8) is 0 Å². The Bertz CT molecular complexity index is 197. The Balaban J connectivity index is 4.21. The van der Waals surface area contributed by atoms with E-state index in [1.807, 2.05) is 27.7 Å². The van der Waals surface area contributed by atoms with Crippen molar-refractivity contribution >= 4 is 0 Å². The van der Waals surface area contributed by atoms with Crippen LogP contribution in [0.2, 0.25) is 0 Å². The van der Waals surface area contributed by atoms with Gasteiger partial charge in [0.1, 0.15) is 0 Å². The van der Waals surface area contributed by atoms with Crippen molar-refractivity contribution in [1.29, 1.82) is 0 Å². The fourth-order valence-corrected chi connectivity index (χ4v) is 1.77. The molecular formula is C13H28O3. The molecule has 3 unspecified atom stereocenters. The molecule has 2 N–H and O–H groups in total. The van der Waals surface area contributed by atoms with E-state index in [-0.39, 0.29) is 11.8 Å². The fourth-order valence-electron chi connectivity index (χ4n) is 1.77. The molecular weight excluding hydrogens is 204 g/mol. The van der Waals surface area contributed by atoms with Crippen molar-refractivity contribution < 1.29 is 14.9 Å². The lowest BCUT2D eigenvalue weighted by molar-refractivity contribution is -0.0598. The lowest BCUT2D eigenvalue weighted by atomic mass is 9.77. The first-order valence-electron chi connectivity index (χ1n) is 6.07. The number of methoxy groups -OCH3 is 1. The second-order valence-corrected chi connectivity index (χ2v) is 5.75. The van der Waals surface area contributed by atoms with Gasteiger partial charge >= 0.3 is 0 Å². The van der Waals surface area contributed by atoms with E-state index in [9.17, 15) is 10.2 Å². The summed E-state index contributed by atoms with van der Waals surface area (Å²) in [4.78, 5) is 0. The van der Waals surface area contributed by atoms with Gasteiger partial charge in [0.05, 0.1) is 17.8 Å². The average Bonchev–Trinajstić information content (AvgIpc) is 2.13. The van der Waals surface area contributed by atoms with E-state index in [0.29, 0.717) is 13.0 Å². The lowest BCUT2D eigenvalue weighted by Crippen LogP contribution is -2.40. The van der Waals surface area contributed by atoms with Gasteiger partial charge in [-0.25, -0.2) is 0 Å². The maximum Gasteiger partial charge on any atom is 0.0852 e. The van der Waals surface area contributed by atoms with E-state index in [2.05, 4.69) is 0 Å². The Hall–Kier alpha value is -0.120. The Kier molecular flexibility index (Phi) is 5.94. The third kappa shape index (κ3) is 4.81. The van der Waals surface area contributed by atoms with E-state index in [4.69, 9.17) is 4.74 Å². The summed E-state index contributed by atoms with van der Waals surface area (Å²) in [6.45, 7) is 10.0. The van der Waals surface area contributed by atoms with Gasteiger partial charge in [-0.3, -0.25) is 0 Å². The summed E-state index contributed by atoms with van der Waals surface area (Å²) >= 11 is 0. The van der Waals surface area contributed by atoms with Crippen molar-refractivity contribution in [2.75, 3.05) is 13.7 Å². The summed E-state index contributed by atoms with van der Waals surface area (Å²) < 4.78 is 4.96. The molecule has 3 heteroatoms. The topological polar surface area (TPSA) is 49.7 Å². The normalized spacial score (nSPS) is 21.6. The van der Waals surface area contributed by atoms with Crippen molar-refractivity contribution in [1.82, 2.24) is 0 Å². The van der Waals surface area contributed by atoms with Gasteiger partial charge in [-0.05, 0) is 38.5 Å². The minimum absolute atomic E-state index is 0.163. The third-order valence-corrected chi connectivity index (χ3v) is 3.74. The van der Waals surface area contributed by atoms with Crippen LogP contribution in [-0.2, 0) is 4.74 Å². The molecule has 0 aliphatic heterocycles. The zero-order valence-corrected chi connectivity index (χ0v) is 11.6. The SMILES string of the molecule is COCC(C)(O)CCC(C)C(C)(O)C(C)C. The first-order valence-corrected chi connectivity index (χ1v) is 6.07. The molecule has 0 rings (SSSR count). The van der Waals surface area contributed by atoms with Crippen molar-refractivity contribution in [2.24, 2.45) is 11.8 Å². The molecule has 0 spiro atoms. The van der Waals surface area contributed by atoms with Crippen LogP contribution in [0.3, 0.4) is 0 Å². The number of aliphatic hydroxyl groups is 2. The predicted molar refractivity (Wildman–Crippen MR) is 66.4 cm³/mol. The van der Waals surface area contributed by atoms with Crippen LogP contribution in [0.4, 0.5) is 0 Å². The molecule has 0 radical (unpaired) electrons. The smallest absolute Gasteiger partial charge is 0.0852 e. The van der Waals surface area contributed by atoms with Gasteiger partial charge in [0.25, 0.3) is 0 Å². The van der Waals surface area contributed by atoms with Gasteiger partial charge in [-0.2, -0.15) is 0 Å². The highest BCUT2D eigenvalue weighted by atomic mass is 16.5. The number of hydrogen-bond acceptors (Lipinski definition) is 3. The summed E-state index contributed by atoms with van der Waals surface area (Å²) in [5, 5.41) is 20.2. The minimum atomic E-state index is -0.796. The molecule has 0 amide bonds. The molecule has 0 fully saturated rings. The number of ether oxygens (including phenoxy) is 1. The predicted octanol–water partition coefficient (Wildman–Crippen LogP) is 2.21. The molecule has 3 nitrogen and oxygen atoms in total. The number of rotatable bonds is 7. The molecule has 0 aromatic carbocycles. The van der Waals surface area contributed by atoms with Gasteiger partial charge < -0.3 is 14.9 Å². The molecule has 0 saturated carbocycles. The summed E-state index contributed by atoms with van der Waals surface area (Å²) in [5.74, 6) is 0.380. The largest absolute Gasteiger partial charge is 0.390 e. The Morgan fingerprint density at radius 3 is 2.00 bits per heavy atom. The molecule has 0 bridgehead atoms. The molecule has 0 aliphatic carbocycles. The standard InChI is InChI=1S/C13H28O3/c1-10(2)13(5,15)11(3)7-8-12(4,14)9-16-6/h10-11,14-15H,7-9H2,1-6H3. The minimum Gasteiger partial charge on any atom is -0.390 e. The summed E-state index contributed by atoms with van der Waals surface area (Å²) in [6, 6.07) is 0. The van der Waals surface area contributed by atoms with Crippen molar-refractivity contribution in [3.05, 3.63) is 0 Å². The van der Waals surface area contributed by atoms with Crippen molar-refractivity contribution in [3.8, 4) is 0 Å². The van der Waals surface area contributed by atoms with Gasteiger partial charge in [0, 0.05) is 7.11 Å². The van der Waals surface area contributed by atoms with E-state index in [1.165, 1.54) is 0 Å². The van der Waals surface area contributed by atoms with Gasteiger partial charge in [0.15, 0.2) is 0 Å². The second kappa shape index (κ2) is 5.99. The van der Waals surface area contributed by atoms with Crippen LogP contribution in [-0.4, -0.2) is 35.1 Å². The summed E-state index contributed by atoms with van der Waals surface area (Å²) in [6.07, 6.45) is 1.44. The molecule has 16 heavy (non-hydrogen) atoms. The highest BCUT2D eigenvalue weighted by Crippen LogP contribution is 2.30. The van der Waals surface area contributed by atoms with Crippen LogP contribution in [0.1, 0.15) is 47.5 Å². The molecule has 0 saturated heterocycles. The molecule has 98 valence electrons. The molecule has 0 aromatic rings. The highest BCUT2D eigenvalue weighted by molar-refractivity contribution is 4.84. The van der Waals surface area contributed by atoms with Crippen molar-refractivity contribution in [2.45, 2.75) is 58.7 Å². The van der Waals surface area contributed by atoms with E-state index >= 15 is 0 Å². The maximum atomic E-state index is 10.3. The zero-order valence-electron chi connectivity index (χ0n) is 11.6. The van der Waals surface area contributed by atoms with Gasteiger partial charge in [0.2, 0.25) is 0 Å². The third-order valence-electron chi connectivity index (χ3n) is 3.74. The maximum absolute atomic E-state index is 10.3. The Morgan fingerprint density at radius 1 is 1.12 bits per heavy atom. The van der Waals surface area contributed by atoms with E-state index < -0.39 is 11.2 Å². The van der Waals surface area contributed by atoms with E-state index in [0.717, 1.165) is 6.42 Å². The van der Waals surface area contributed by atoms with Crippen LogP contribution in [0.25, 0.3) is 0 Å². The number of hydrogen-bond donors (Lipinski definition) is 2. The van der Waals surface area contributed by atoms with Crippen LogP contribution in [0.15, 0.2) is 0 Å².